The summed E-state index contributed by atoms with van der Waals surface area (Å²) in [5.74, 6) is -0.278. The van der Waals surface area contributed by atoms with Crippen molar-refractivity contribution in [3.8, 4) is 0 Å². The number of hydrogen-bond acceptors (Lipinski definition) is 3. The molecule has 6 nitrogen and oxygen atoms in total. The van der Waals surface area contributed by atoms with Crippen LogP contribution in [0.1, 0.15) is 47.7 Å². The predicted molar refractivity (Wildman–Crippen MR) is 120 cm³/mol. The second-order valence-corrected chi connectivity index (χ2v) is 8.52. The molecule has 0 bridgehead atoms. The van der Waals surface area contributed by atoms with Crippen LogP contribution in [0, 0.1) is 0 Å². The number of amides is 3. The molecule has 162 valence electrons. The van der Waals surface area contributed by atoms with E-state index < -0.39 is 6.04 Å². The summed E-state index contributed by atoms with van der Waals surface area (Å²) in [6.45, 7) is 3.58. The molecule has 7 heteroatoms. The summed E-state index contributed by atoms with van der Waals surface area (Å²) in [6, 6.07) is 12.0. The van der Waals surface area contributed by atoms with E-state index in [1.807, 2.05) is 23.1 Å². The van der Waals surface area contributed by atoms with Crippen LogP contribution >= 0.6 is 11.6 Å². The highest BCUT2D eigenvalue weighted by Crippen LogP contribution is 2.29. The van der Waals surface area contributed by atoms with Crippen LogP contribution in [0.4, 0.5) is 5.69 Å². The molecule has 2 aromatic rings. The molecule has 2 aliphatic heterocycles. The first-order valence-electron chi connectivity index (χ1n) is 10.7. The molecule has 0 aromatic heterocycles. The Bertz CT molecular complexity index is 1020. The predicted octanol–water partition coefficient (Wildman–Crippen LogP) is 3.88. The maximum absolute atomic E-state index is 13.4. The van der Waals surface area contributed by atoms with Crippen molar-refractivity contribution in [3.05, 3.63) is 64.2 Å². The fourth-order valence-electron chi connectivity index (χ4n) is 4.28. The number of nitrogens with zero attached hydrogens (tertiary/aromatic N) is 2. The van der Waals surface area contributed by atoms with E-state index >= 15 is 0 Å². The van der Waals surface area contributed by atoms with Gasteiger partial charge in [-0.3, -0.25) is 14.4 Å². The second kappa shape index (κ2) is 9.10. The van der Waals surface area contributed by atoms with Gasteiger partial charge in [0.25, 0.3) is 5.91 Å². The van der Waals surface area contributed by atoms with Gasteiger partial charge in [0.15, 0.2) is 0 Å². The Kier molecular flexibility index (Phi) is 6.28. The molecule has 2 aliphatic rings. The van der Waals surface area contributed by atoms with Crippen molar-refractivity contribution in [3.63, 3.8) is 0 Å². The number of carbonyl (C=O) groups is 3. The fourth-order valence-corrected chi connectivity index (χ4v) is 4.47. The first-order chi connectivity index (χ1) is 15.0. The Hall–Kier alpha value is -2.86. The van der Waals surface area contributed by atoms with Gasteiger partial charge >= 0.3 is 0 Å². The number of hydrogen-bond donors (Lipinski definition) is 1. The summed E-state index contributed by atoms with van der Waals surface area (Å²) in [7, 11) is 0. The highest BCUT2D eigenvalue weighted by molar-refractivity contribution is 6.31. The molecule has 0 radical (unpaired) electrons. The molecule has 31 heavy (non-hydrogen) atoms. The average molecular weight is 440 g/mol. The third-order valence-corrected chi connectivity index (χ3v) is 6.21. The van der Waals surface area contributed by atoms with Gasteiger partial charge in [-0.25, -0.2) is 0 Å². The van der Waals surface area contributed by atoms with Crippen molar-refractivity contribution in [2.24, 2.45) is 0 Å². The number of nitrogens with one attached hydrogen (secondary N) is 1. The maximum atomic E-state index is 13.4. The van der Waals surface area contributed by atoms with E-state index in [4.69, 9.17) is 11.6 Å². The summed E-state index contributed by atoms with van der Waals surface area (Å²) in [5.41, 5.74) is 3.13. The van der Waals surface area contributed by atoms with Crippen molar-refractivity contribution in [2.45, 2.75) is 45.2 Å². The lowest BCUT2D eigenvalue weighted by atomic mass is 9.92. The molecule has 0 spiro atoms. The average Bonchev–Trinajstić information content (AvgIpc) is 3.32. The molecular formula is C24H26ClN3O3. The van der Waals surface area contributed by atoms with Crippen molar-refractivity contribution >= 4 is 35.0 Å². The van der Waals surface area contributed by atoms with E-state index in [0.29, 0.717) is 35.7 Å². The van der Waals surface area contributed by atoms with Crippen LogP contribution in [0.15, 0.2) is 42.5 Å². The number of anilines is 1. The number of halogens is 1. The Balaban J connectivity index is 1.67. The number of benzene rings is 2. The zero-order chi connectivity index (χ0) is 22.0. The Morgan fingerprint density at radius 1 is 1.06 bits per heavy atom. The zero-order valence-corrected chi connectivity index (χ0v) is 18.3. The van der Waals surface area contributed by atoms with Crippen molar-refractivity contribution in [1.29, 1.82) is 0 Å². The van der Waals surface area contributed by atoms with Crippen LogP contribution in [0.3, 0.4) is 0 Å². The highest BCUT2D eigenvalue weighted by atomic mass is 35.5. The minimum absolute atomic E-state index is 0.00175. The van der Waals surface area contributed by atoms with Crippen molar-refractivity contribution < 1.29 is 14.4 Å². The minimum atomic E-state index is -0.548. The van der Waals surface area contributed by atoms with Crippen LogP contribution in [-0.4, -0.2) is 46.7 Å². The Labute approximate surface area is 187 Å². The first kappa shape index (κ1) is 21.4. The molecule has 1 saturated heterocycles. The third-order valence-electron chi connectivity index (χ3n) is 5.98. The fraction of sp³-hybridized carbons (Fsp3) is 0.375. The van der Waals surface area contributed by atoms with Crippen LogP contribution in [-0.2, 0) is 22.6 Å². The standard InChI is InChI=1S/C24H26ClN3O3/c1-2-22(29)26-20-9-8-16-14-21(24(31)27-10-3-4-11-27)28(15-18(16)13-20)23(30)17-6-5-7-19(25)12-17/h5-9,12-13,21H,2-4,10-11,14-15H2,1H3,(H,26,29)/t21-/m0/s1. The molecule has 1 fully saturated rings. The summed E-state index contributed by atoms with van der Waals surface area (Å²) in [6.07, 6.45) is 2.84. The maximum Gasteiger partial charge on any atom is 0.254 e. The smallest absolute Gasteiger partial charge is 0.254 e. The van der Waals surface area contributed by atoms with E-state index in [1.165, 1.54) is 0 Å². The monoisotopic (exact) mass is 439 g/mol. The molecule has 0 saturated carbocycles. The Morgan fingerprint density at radius 3 is 2.55 bits per heavy atom. The number of fused-ring (bicyclic) bond motifs is 1. The molecule has 2 aromatic carbocycles. The van der Waals surface area contributed by atoms with E-state index in [0.717, 1.165) is 37.1 Å². The topological polar surface area (TPSA) is 69.7 Å². The number of carbonyl (C=O) groups excluding carboxylic acids is 3. The van der Waals surface area contributed by atoms with E-state index in [9.17, 15) is 14.4 Å². The van der Waals surface area contributed by atoms with Crippen LogP contribution in [0.25, 0.3) is 0 Å². The summed E-state index contributed by atoms with van der Waals surface area (Å²) < 4.78 is 0. The summed E-state index contributed by atoms with van der Waals surface area (Å²) in [4.78, 5) is 42.1. The summed E-state index contributed by atoms with van der Waals surface area (Å²) in [5, 5.41) is 3.35. The van der Waals surface area contributed by atoms with Gasteiger partial charge in [0, 0.05) is 48.7 Å². The molecule has 2 heterocycles. The van der Waals surface area contributed by atoms with Gasteiger partial charge in [-0.05, 0) is 54.3 Å². The number of rotatable bonds is 4. The molecule has 0 unspecified atom stereocenters. The van der Waals surface area contributed by atoms with Crippen molar-refractivity contribution in [1.82, 2.24) is 9.80 Å². The SMILES string of the molecule is CCC(=O)Nc1ccc2c(c1)CN(C(=O)c1cccc(Cl)c1)[C@H](C(=O)N1CCCC1)C2. The van der Waals surface area contributed by atoms with Crippen molar-refractivity contribution in [2.75, 3.05) is 18.4 Å². The molecule has 1 atom stereocenters. The van der Waals surface area contributed by atoms with Gasteiger partial charge in [-0.2, -0.15) is 0 Å². The number of likely N-dealkylation sites (tertiary alicyclic amines) is 1. The normalized spacial score (nSPS) is 17.9. The molecule has 0 aliphatic carbocycles. The highest BCUT2D eigenvalue weighted by Gasteiger charge is 2.38. The quantitative estimate of drug-likeness (QED) is 0.786. The largest absolute Gasteiger partial charge is 0.341 e. The third kappa shape index (κ3) is 4.59. The zero-order valence-electron chi connectivity index (χ0n) is 17.6. The van der Waals surface area contributed by atoms with E-state index in [2.05, 4.69) is 5.32 Å². The van der Waals surface area contributed by atoms with E-state index in [1.54, 1.807) is 36.1 Å². The first-order valence-corrected chi connectivity index (χ1v) is 11.1. The molecule has 4 rings (SSSR count). The second-order valence-electron chi connectivity index (χ2n) is 8.08. The van der Waals surface area contributed by atoms with Gasteiger partial charge in [0.05, 0.1) is 0 Å². The van der Waals surface area contributed by atoms with Gasteiger partial charge in [0.1, 0.15) is 6.04 Å². The van der Waals surface area contributed by atoms with Crippen LogP contribution < -0.4 is 5.32 Å². The van der Waals surface area contributed by atoms with Gasteiger partial charge in [0.2, 0.25) is 11.8 Å². The summed E-state index contributed by atoms with van der Waals surface area (Å²) >= 11 is 6.11. The van der Waals surface area contributed by atoms with Gasteiger partial charge < -0.3 is 15.1 Å². The lowest BCUT2D eigenvalue weighted by Crippen LogP contribution is -2.53. The lowest BCUT2D eigenvalue weighted by Gasteiger charge is -2.38. The molecule has 3 amide bonds. The van der Waals surface area contributed by atoms with Crippen LogP contribution in [0.5, 0.6) is 0 Å². The van der Waals surface area contributed by atoms with Gasteiger partial charge in [-0.1, -0.05) is 30.7 Å². The minimum Gasteiger partial charge on any atom is -0.341 e. The molecular weight excluding hydrogens is 414 g/mol. The molecule has 1 N–H and O–H groups in total. The lowest BCUT2D eigenvalue weighted by molar-refractivity contribution is -0.135. The van der Waals surface area contributed by atoms with E-state index in [-0.39, 0.29) is 17.7 Å². The van der Waals surface area contributed by atoms with Crippen LogP contribution in [0.2, 0.25) is 5.02 Å². The van der Waals surface area contributed by atoms with Gasteiger partial charge in [-0.15, -0.1) is 0 Å². The Morgan fingerprint density at radius 2 is 1.84 bits per heavy atom.